The van der Waals surface area contributed by atoms with Gasteiger partial charge in [0.15, 0.2) is 0 Å². The summed E-state index contributed by atoms with van der Waals surface area (Å²) >= 11 is 6.21. The second kappa shape index (κ2) is 6.82. The Kier molecular flexibility index (Phi) is 4.45. The molecule has 1 spiro atoms. The van der Waals surface area contributed by atoms with Crippen LogP contribution in [0.2, 0.25) is 5.02 Å². The highest BCUT2D eigenvalue weighted by molar-refractivity contribution is 7.91. The quantitative estimate of drug-likeness (QED) is 0.616. The Hall–Kier alpha value is -2.38. The molecule has 6 nitrogen and oxygen atoms in total. The van der Waals surface area contributed by atoms with E-state index in [1.807, 2.05) is 29.2 Å². The molecule has 30 heavy (non-hydrogen) atoms. The molecule has 0 bridgehead atoms. The Morgan fingerprint density at radius 2 is 2.07 bits per heavy atom. The third kappa shape index (κ3) is 3.20. The minimum absolute atomic E-state index is 0.156. The minimum atomic E-state index is -2.54. The molecule has 1 atom stereocenters. The van der Waals surface area contributed by atoms with Gasteiger partial charge in [-0.2, -0.15) is 0 Å². The summed E-state index contributed by atoms with van der Waals surface area (Å²) in [5.74, 6) is 0.501. The van der Waals surface area contributed by atoms with Crippen LogP contribution < -0.4 is 4.90 Å². The first kappa shape index (κ1) is 19.6. The summed E-state index contributed by atoms with van der Waals surface area (Å²) in [6.45, 7) is 1.09. The zero-order chi connectivity index (χ0) is 21.1. The molecule has 2 aromatic heterocycles. The number of halogens is 1. The number of benzene rings is 1. The van der Waals surface area contributed by atoms with Gasteiger partial charge in [-0.3, -0.25) is 18.8 Å². The Bertz CT molecular complexity index is 1280. The summed E-state index contributed by atoms with van der Waals surface area (Å²) in [7, 11) is -2.54. The van der Waals surface area contributed by atoms with Gasteiger partial charge >= 0.3 is 0 Å². The number of nitrogens with zero attached hydrogens (tertiary/aromatic N) is 3. The van der Waals surface area contributed by atoms with E-state index in [9.17, 15) is 9.00 Å². The van der Waals surface area contributed by atoms with Crippen molar-refractivity contribution >= 4 is 43.8 Å². The predicted molar refractivity (Wildman–Crippen MR) is 120 cm³/mol. The standard InChI is InChI=1S/C22H23ClN4O2S/c1-30(24,29)10-2-9-26-17(12-15-11-16(23)3-4-19(15)26)14-27-20-13-25-8-5-18(20)22(6-7-22)21(27)28/h3-5,8,11-13,24H,2,6-7,9-10,14H2,1H3. The fourth-order valence-electron chi connectivity index (χ4n) is 4.61. The van der Waals surface area contributed by atoms with Crippen LogP contribution in [0.5, 0.6) is 0 Å². The molecular formula is C22H23ClN4O2S. The number of carbonyl (C=O) groups is 1. The molecule has 5 rings (SSSR count). The zero-order valence-electron chi connectivity index (χ0n) is 16.7. The van der Waals surface area contributed by atoms with E-state index in [-0.39, 0.29) is 11.3 Å². The van der Waals surface area contributed by atoms with E-state index < -0.39 is 9.73 Å². The average Bonchev–Trinajstić information content (AvgIpc) is 3.38. The molecule has 0 saturated heterocycles. The van der Waals surface area contributed by atoms with E-state index in [0.717, 1.165) is 40.7 Å². The lowest BCUT2D eigenvalue weighted by atomic mass is 9.99. The average molecular weight is 443 g/mol. The Labute approximate surface area is 180 Å². The first-order valence-electron chi connectivity index (χ1n) is 10.0. The van der Waals surface area contributed by atoms with Gasteiger partial charge < -0.3 is 9.47 Å². The number of rotatable bonds is 6. The van der Waals surface area contributed by atoms with Crippen LogP contribution >= 0.6 is 11.6 Å². The van der Waals surface area contributed by atoms with Crippen LogP contribution in [0.3, 0.4) is 0 Å². The van der Waals surface area contributed by atoms with Crippen molar-refractivity contribution in [3.8, 4) is 0 Å². The lowest BCUT2D eigenvalue weighted by Gasteiger charge is -2.20. The minimum Gasteiger partial charge on any atom is -0.343 e. The largest absolute Gasteiger partial charge is 0.343 e. The number of aryl methyl sites for hydroxylation is 1. The molecule has 1 aliphatic carbocycles. The molecule has 1 aromatic carbocycles. The summed E-state index contributed by atoms with van der Waals surface area (Å²) < 4.78 is 21.7. The van der Waals surface area contributed by atoms with Gasteiger partial charge in [-0.1, -0.05) is 11.6 Å². The monoisotopic (exact) mass is 442 g/mol. The molecule has 1 saturated carbocycles. The second-order valence-electron chi connectivity index (χ2n) is 8.42. The lowest BCUT2D eigenvalue weighted by molar-refractivity contribution is -0.120. The lowest BCUT2D eigenvalue weighted by Crippen LogP contribution is -2.32. The first-order chi connectivity index (χ1) is 14.3. The number of hydrogen-bond acceptors (Lipinski definition) is 4. The maximum absolute atomic E-state index is 13.3. The number of carbonyl (C=O) groups excluding carboxylic acids is 1. The molecular weight excluding hydrogens is 420 g/mol. The molecule has 1 unspecified atom stereocenters. The Balaban J connectivity index is 1.52. The van der Waals surface area contributed by atoms with Crippen LogP contribution in [0.25, 0.3) is 10.9 Å². The number of fused-ring (bicyclic) bond motifs is 3. The van der Waals surface area contributed by atoms with E-state index >= 15 is 0 Å². The van der Waals surface area contributed by atoms with Crippen molar-refractivity contribution in [3.63, 3.8) is 0 Å². The topological polar surface area (TPSA) is 79.0 Å². The van der Waals surface area contributed by atoms with Crippen LogP contribution in [-0.2, 0) is 33.0 Å². The molecule has 0 radical (unpaired) electrons. The van der Waals surface area contributed by atoms with Crippen molar-refractivity contribution < 1.29 is 9.00 Å². The number of pyridine rings is 1. The highest BCUT2D eigenvalue weighted by Crippen LogP contribution is 2.57. The van der Waals surface area contributed by atoms with E-state index in [1.54, 1.807) is 12.4 Å². The van der Waals surface area contributed by atoms with Crippen LogP contribution in [0.1, 0.15) is 30.5 Å². The highest BCUT2D eigenvalue weighted by atomic mass is 35.5. The molecule has 3 aromatic rings. The third-order valence-electron chi connectivity index (χ3n) is 6.20. The smallest absolute Gasteiger partial charge is 0.238 e. The van der Waals surface area contributed by atoms with Gasteiger partial charge in [-0.25, -0.2) is 0 Å². The van der Waals surface area contributed by atoms with E-state index in [1.165, 1.54) is 6.26 Å². The van der Waals surface area contributed by atoms with Gasteiger partial charge in [-0.15, -0.1) is 0 Å². The van der Waals surface area contributed by atoms with Gasteiger partial charge in [0.2, 0.25) is 5.91 Å². The van der Waals surface area contributed by atoms with Crippen molar-refractivity contribution in [1.82, 2.24) is 9.55 Å². The predicted octanol–water partition coefficient (Wildman–Crippen LogP) is 4.33. The maximum atomic E-state index is 13.3. The Morgan fingerprint density at radius 1 is 1.27 bits per heavy atom. The van der Waals surface area contributed by atoms with Crippen LogP contribution in [0.15, 0.2) is 42.7 Å². The molecule has 8 heteroatoms. The molecule has 156 valence electrons. The van der Waals surface area contributed by atoms with E-state index in [4.69, 9.17) is 16.4 Å². The van der Waals surface area contributed by atoms with Crippen molar-refractivity contribution in [2.24, 2.45) is 0 Å². The summed E-state index contributed by atoms with van der Waals surface area (Å²) in [4.78, 5) is 19.4. The number of aromatic nitrogens is 2. The van der Waals surface area contributed by atoms with Crippen molar-refractivity contribution in [2.45, 2.75) is 37.8 Å². The van der Waals surface area contributed by atoms with Crippen LogP contribution in [0, 0.1) is 4.78 Å². The molecule has 2 aliphatic rings. The van der Waals surface area contributed by atoms with Crippen LogP contribution in [-0.4, -0.2) is 31.7 Å². The normalized spacial score (nSPS) is 18.7. The van der Waals surface area contributed by atoms with Gasteiger partial charge in [-0.05, 0) is 55.2 Å². The highest BCUT2D eigenvalue weighted by Gasteiger charge is 2.59. The fraction of sp³-hybridized carbons (Fsp3) is 0.364. The third-order valence-corrected chi connectivity index (χ3v) is 7.50. The van der Waals surface area contributed by atoms with Crippen LogP contribution in [0.4, 0.5) is 5.69 Å². The fourth-order valence-corrected chi connectivity index (χ4v) is 5.47. The van der Waals surface area contributed by atoms with E-state index in [0.29, 0.717) is 30.3 Å². The summed E-state index contributed by atoms with van der Waals surface area (Å²) in [5, 5.41) is 1.68. The van der Waals surface area contributed by atoms with Gasteiger partial charge in [0.1, 0.15) is 0 Å². The van der Waals surface area contributed by atoms with Crippen molar-refractivity contribution in [2.75, 3.05) is 16.9 Å². The number of nitrogens with one attached hydrogen (secondary N) is 1. The summed E-state index contributed by atoms with van der Waals surface area (Å²) in [6, 6.07) is 9.81. The van der Waals surface area contributed by atoms with Crippen molar-refractivity contribution in [3.05, 3.63) is 59.0 Å². The maximum Gasteiger partial charge on any atom is 0.238 e. The zero-order valence-corrected chi connectivity index (χ0v) is 18.3. The molecule has 1 fully saturated rings. The second-order valence-corrected chi connectivity index (χ2v) is 11.3. The van der Waals surface area contributed by atoms with Gasteiger partial charge in [0.05, 0.1) is 23.8 Å². The SMILES string of the molecule is CS(=N)(=O)CCCn1c(CN2C(=O)C3(CC3)c3ccncc32)cc2cc(Cl)ccc21. The number of amides is 1. The van der Waals surface area contributed by atoms with Gasteiger partial charge in [0, 0.05) is 56.1 Å². The summed E-state index contributed by atoms with van der Waals surface area (Å²) in [5.41, 5.74) is 3.67. The van der Waals surface area contributed by atoms with E-state index in [2.05, 4.69) is 15.6 Å². The Morgan fingerprint density at radius 3 is 2.80 bits per heavy atom. The number of anilines is 1. The molecule has 3 heterocycles. The van der Waals surface area contributed by atoms with Gasteiger partial charge in [0.25, 0.3) is 0 Å². The molecule has 1 N–H and O–H groups in total. The number of hydrogen-bond donors (Lipinski definition) is 1. The molecule has 1 amide bonds. The van der Waals surface area contributed by atoms with Crippen molar-refractivity contribution in [1.29, 1.82) is 4.78 Å². The first-order valence-corrected chi connectivity index (χ1v) is 12.6. The summed E-state index contributed by atoms with van der Waals surface area (Å²) in [6.07, 6.45) is 7.45. The molecule has 1 aliphatic heterocycles.